The number of nitrogen functional groups attached to an aromatic ring is 1. The van der Waals surface area contributed by atoms with Crippen molar-refractivity contribution in [2.24, 2.45) is 0 Å². The SMILES string of the molecule is CCOc1cc(NCCSC(F)(F)F)ccc1N. The molecule has 0 aliphatic rings. The van der Waals surface area contributed by atoms with E-state index in [9.17, 15) is 13.2 Å². The number of nitrogens with one attached hydrogen (secondary N) is 1. The Labute approximate surface area is 108 Å². The zero-order chi connectivity index (χ0) is 13.6. The zero-order valence-electron chi connectivity index (χ0n) is 9.88. The van der Waals surface area contributed by atoms with Crippen LogP contribution in [0.3, 0.4) is 0 Å². The Hall–Kier alpha value is -1.24. The van der Waals surface area contributed by atoms with Crippen LogP contribution in [0.25, 0.3) is 0 Å². The molecule has 0 saturated carbocycles. The van der Waals surface area contributed by atoms with E-state index in [0.717, 1.165) is 0 Å². The van der Waals surface area contributed by atoms with Crippen LogP contribution in [-0.4, -0.2) is 24.4 Å². The van der Waals surface area contributed by atoms with E-state index in [0.29, 0.717) is 23.7 Å². The number of thioether (sulfide) groups is 1. The summed E-state index contributed by atoms with van der Waals surface area (Å²) in [6.45, 7) is 2.54. The molecule has 3 N–H and O–H groups in total. The molecule has 0 saturated heterocycles. The molecule has 0 radical (unpaired) electrons. The number of halogens is 3. The van der Waals surface area contributed by atoms with Crippen LogP contribution < -0.4 is 15.8 Å². The molecule has 1 aromatic carbocycles. The summed E-state index contributed by atoms with van der Waals surface area (Å²) in [4.78, 5) is 0. The Balaban J connectivity index is 2.45. The van der Waals surface area contributed by atoms with Gasteiger partial charge in [-0.1, -0.05) is 0 Å². The fraction of sp³-hybridized carbons (Fsp3) is 0.455. The number of hydrogen-bond acceptors (Lipinski definition) is 4. The molecule has 0 fully saturated rings. The number of rotatable bonds is 6. The fourth-order valence-corrected chi connectivity index (χ4v) is 1.72. The van der Waals surface area contributed by atoms with Crippen LogP contribution in [-0.2, 0) is 0 Å². The second kappa shape index (κ2) is 6.63. The van der Waals surface area contributed by atoms with Gasteiger partial charge in [0.2, 0.25) is 0 Å². The summed E-state index contributed by atoms with van der Waals surface area (Å²) in [5, 5.41) is 2.89. The van der Waals surface area contributed by atoms with E-state index in [2.05, 4.69) is 5.32 Å². The fourth-order valence-electron chi connectivity index (χ4n) is 1.29. The van der Waals surface area contributed by atoms with Gasteiger partial charge in [0, 0.05) is 24.1 Å². The minimum Gasteiger partial charge on any atom is -0.492 e. The molecule has 0 bridgehead atoms. The Bertz CT molecular complexity index is 385. The van der Waals surface area contributed by atoms with Gasteiger partial charge in [-0.3, -0.25) is 0 Å². The first kappa shape index (κ1) is 14.8. The topological polar surface area (TPSA) is 47.3 Å². The van der Waals surface area contributed by atoms with Crippen LogP contribution >= 0.6 is 11.8 Å². The summed E-state index contributed by atoms with van der Waals surface area (Å²) < 4.78 is 41.0. The van der Waals surface area contributed by atoms with E-state index in [1.807, 2.05) is 6.92 Å². The Morgan fingerprint density at radius 2 is 2.11 bits per heavy atom. The van der Waals surface area contributed by atoms with Crippen molar-refractivity contribution >= 4 is 23.1 Å². The van der Waals surface area contributed by atoms with Crippen molar-refractivity contribution in [3.8, 4) is 5.75 Å². The van der Waals surface area contributed by atoms with Crippen LogP contribution in [0.1, 0.15) is 6.92 Å². The van der Waals surface area contributed by atoms with E-state index >= 15 is 0 Å². The molecule has 3 nitrogen and oxygen atoms in total. The zero-order valence-corrected chi connectivity index (χ0v) is 10.7. The maximum Gasteiger partial charge on any atom is 0.441 e. The maximum absolute atomic E-state index is 11.9. The van der Waals surface area contributed by atoms with Crippen LogP contribution in [0.4, 0.5) is 24.5 Å². The van der Waals surface area contributed by atoms with E-state index in [1.165, 1.54) is 0 Å². The summed E-state index contributed by atoms with van der Waals surface area (Å²) in [5.41, 5.74) is 2.70. The van der Waals surface area contributed by atoms with Gasteiger partial charge in [0.05, 0.1) is 12.3 Å². The summed E-state index contributed by atoms with van der Waals surface area (Å²) in [7, 11) is 0. The van der Waals surface area contributed by atoms with Gasteiger partial charge in [-0.05, 0) is 30.8 Å². The largest absolute Gasteiger partial charge is 0.492 e. The molecule has 18 heavy (non-hydrogen) atoms. The molecule has 0 spiro atoms. The highest BCUT2D eigenvalue weighted by molar-refractivity contribution is 8.00. The van der Waals surface area contributed by atoms with E-state index in [-0.39, 0.29) is 24.1 Å². The van der Waals surface area contributed by atoms with Gasteiger partial charge < -0.3 is 15.8 Å². The number of hydrogen-bond donors (Lipinski definition) is 2. The predicted octanol–water partition coefficient (Wildman–Crippen LogP) is 3.33. The average Bonchev–Trinajstić information content (AvgIpc) is 2.28. The molecular weight excluding hydrogens is 265 g/mol. The average molecular weight is 280 g/mol. The van der Waals surface area contributed by atoms with Crippen molar-refractivity contribution in [3.05, 3.63) is 18.2 Å². The van der Waals surface area contributed by atoms with Crippen LogP contribution in [0, 0.1) is 0 Å². The van der Waals surface area contributed by atoms with Crippen molar-refractivity contribution < 1.29 is 17.9 Å². The second-order valence-electron chi connectivity index (χ2n) is 3.41. The lowest BCUT2D eigenvalue weighted by atomic mass is 10.2. The van der Waals surface area contributed by atoms with Crippen LogP contribution in [0.15, 0.2) is 18.2 Å². The maximum atomic E-state index is 11.9. The van der Waals surface area contributed by atoms with Gasteiger partial charge in [0.25, 0.3) is 0 Å². The lowest BCUT2D eigenvalue weighted by molar-refractivity contribution is -0.0327. The molecule has 0 unspecified atom stereocenters. The third-order valence-corrected chi connectivity index (χ3v) is 2.75. The molecule has 0 aliphatic carbocycles. The molecule has 7 heteroatoms. The van der Waals surface area contributed by atoms with Crippen molar-refractivity contribution in [3.63, 3.8) is 0 Å². The lowest BCUT2D eigenvalue weighted by Crippen LogP contribution is -2.09. The molecule has 0 aliphatic heterocycles. The first-order valence-electron chi connectivity index (χ1n) is 5.39. The smallest absolute Gasteiger partial charge is 0.441 e. The third kappa shape index (κ3) is 5.39. The minimum absolute atomic E-state index is 0.0438. The molecule has 0 aromatic heterocycles. The Kier molecular flexibility index (Phi) is 5.46. The van der Waals surface area contributed by atoms with E-state index in [1.54, 1.807) is 18.2 Å². The van der Waals surface area contributed by atoms with E-state index in [4.69, 9.17) is 10.5 Å². The van der Waals surface area contributed by atoms with E-state index < -0.39 is 5.51 Å². The molecule has 0 amide bonds. The molecule has 102 valence electrons. The van der Waals surface area contributed by atoms with Gasteiger partial charge in [-0.2, -0.15) is 13.2 Å². The number of alkyl halides is 3. The number of benzene rings is 1. The first-order valence-corrected chi connectivity index (χ1v) is 6.38. The highest BCUT2D eigenvalue weighted by Gasteiger charge is 2.27. The summed E-state index contributed by atoms with van der Waals surface area (Å²) in [6, 6.07) is 5.04. The number of ether oxygens (including phenoxy) is 1. The molecule has 1 aromatic rings. The van der Waals surface area contributed by atoms with Gasteiger partial charge in [0.15, 0.2) is 0 Å². The summed E-state index contributed by atoms with van der Waals surface area (Å²) >= 11 is -0.0480. The predicted molar refractivity (Wildman–Crippen MR) is 69.0 cm³/mol. The third-order valence-electron chi connectivity index (χ3n) is 2.01. The first-order chi connectivity index (χ1) is 8.42. The number of anilines is 2. The Morgan fingerprint density at radius 3 is 2.72 bits per heavy atom. The van der Waals surface area contributed by atoms with Crippen LogP contribution in [0.2, 0.25) is 0 Å². The van der Waals surface area contributed by atoms with Crippen molar-refractivity contribution in [2.75, 3.05) is 30.0 Å². The molecule has 1 rings (SSSR count). The molecular formula is C11H15F3N2OS. The van der Waals surface area contributed by atoms with Gasteiger partial charge in [-0.15, -0.1) is 0 Å². The standard InChI is InChI=1S/C11H15F3N2OS/c1-2-17-10-7-8(3-4-9(10)15)16-5-6-18-11(12,13)14/h3-4,7,16H,2,5-6,15H2,1H3. The summed E-state index contributed by atoms with van der Waals surface area (Å²) in [6.07, 6.45) is 0. The van der Waals surface area contributed by atoms with Gasteiger partial charge in [0.1, 0.15) is 5.75 Å². The second-order valence-corrected chi connectivity index (χ2v) is 4.57. The lowest BCUT2D eigenvalue weighted by Gasteiger charge is -2.11. The van der Waals surface area contributed by atoms with Crippen molar-refractivity contribution in [2.45, 2.75) is 12.4 Å². The Morgan fingerprint density at radius 1 is 1.39 bits per heavy atom. The van der Waals surface area contributed by atoms with Crippen molar-refractivity contribution in [1.82, 2.24) is 0 Å². The van der Waals surface area contributed by atoms with Crippen molar-refractivity contribution in [1.29, 1.82) is 0 Å². The molecule has 0 heterocycles. The quantitative estimate of drug-likeness (QED) is 0.620. The van der Waals surface area contributed by atoms with Gasteiger partial charge >= 0.3 is 5.51 Å². The molecule has 0 atom stereocenters. The highest BCUT2D eigenvalue weighted by atomic mass is 32.2. The normalized spacial score (nSPS) is 11.3. The highest BCUT2D eigenvalue weighted by Crippen LogP contribution is 2.30. The monoisotopic (exact) mass is 280 g/mol. The summed E-state index contributed by atoms with van der Waals surface area (Å²) in [5.74, 6) is 0.490. The minimum atomic E-state index is -4.18. The number of nitrogens with two attached hydrogens (primary N) is 1. The van der Waals surface area contributed by atoms with Gasteiger partial charge in [-0.25, -0.2) is 0 Å². The van der Waals surface area contributed by atoms with Crippen LogP contribution in [0.5, 0.6) is 5.75 Å².